The van der Waals surface area contributed by atoms with Gasteiger partial charge in [0.1, 0.15) is 28.1 Å². The Bertz CT molecular complexity index is 2190. The smallest absolute Gasteiger partial charge is 0.137 e. The summed E-state index contributed by atoms with van der Waals surface area (Å²) in [6.45, 7) is 13.2. The first kappa shape index (κ1) is 40.6. The van der Waals surface area contributed by atoms with Crippen LogP contribution in [0, 0.1) is 23.2 Å². The van der Waals surface area contributed by atoms with Gasteiger partial charge in [-0.2, -0.15) is 5.26 Å². The molecule has 2 unspecified atom stereocenters. The number of unbranched alkanes of at least 4 members (excludes halogenated alkanes) is 2. The van der Waals surface area contributed by atoms with Crippen molar-refractivity contribution in [2.75, 3.05) is 19.8 Å². The van der Waals surface area contributed by atoms with E-state index >= 15 is 0 Å². The first-order valence-electron chi connectivity index (χ1n) is 20.8. The van der Waals surface area contributed by atoms with Crippen LogP contribution in [0.4, 0.5) is 0 Å². The molecule has 0 radical (unpaired) electrons. The molecule has 0 bridgehead atoms. The van der Waals surface area contributed by atoms with Crippen molar-refractivity contribution < 1.29 is 9.47 Å². The topological polar surface area (TPSA) is 79.2 Å². The van der Waals surface area contributed by atoms with Crippen molar-refractivity contribution in [3.05, 3.63) is 118 Å². The molecule has 0 saturated carbocycles. The third-order valence-corrected chi connectivity index (χ3v) is 12.2. The lowest BCUT2D eigenvalue weighted by atomic mass is 9.96. The standard InChI is InChI=1S/C49H58N4O2S/c1-6-10-14-35(8-3)28-29-54-40-25-20-39(21-26-40)47-34(5)32-51-45(38-18-23-41(24-19-38)55-33-36(9-4)15-11-7-2)30-46(52-47)43(31-50)49-53-44-27-22-37-16-12-13-17-42(37)48(44)56-49/h12-13,16-27,30,35-36,51-52H,6-11,14-15,28-29,32-33H2,1-5H3/b45-30+,46-43-,47-34+. The van der Waals surface area contributed by atoms with E-state index in [1.165, 1.54) is 44.9 Å². The second kappa shape index (κ2) is 20.2. The summed E-state index contributed by atoms with van der Waals surface area (Å²) < 4.78 is 13.5. The summed E-state index contributed by atoms with van der Waals surface area (Å²) in [5.41, 5.74) is 7.10. The van der Waals surface area contributed by atoms with Crippen LogP contribution in [0.25, 0.3) is 38.0 Å². The molecule has 1 aliphatic rings. The van der Waals surface area contributed by atoms with Crippen molar-refractivity contribution in [3.8, 4) is 17.6 Å². The van der Waals surface area contributed by atoms with Gasteiger partial charge < -0.3 is 20.1 Å². The summed E-state index contributed by atoms with van der Waals surface area (Å²) in [6, 6.07) is 31.7. The third kappa shape index (κ3) is 10.2. The van der Waals surface area contributed by atoms with Gasteiger partial charge in [-0.25, -0.2) is 4.98 Å². The van der Waals surface area contributed by atoms with E-state index < -0.39 is 0 Å². The molecule has 1 aliphatic heterocycles. The minimum atomic E-state index is 0.493. The number of hydrogen-bond donors (Lipinski definition) is 2. The minimum absolute atomic E-state index is 0.493. The van der Waals surface area contributed by atoms with Gasteiger partial charge in [-0.05, 0) is 114 Å². The van der Waals surface area contributed by atoms with Crippen LogP contribution in [0.1, 0.15) is 109 Å². The number of allylic oxidation sites excluding steroid dienone is 2. The predicted octanol–water partition coefficient (Wildman–Crippen LogP) is 12.9. The van der Waals surface area contributed by atoms with E-state index in [2.05, 4.69) is 142 Å². The molecule has 2 N–H and O–H groups in total. The van der Waals surface area contributed by atoms with E-state index in [1.54, 1.807) is 11.3 Å². The van der Waals surface area contributed by atoms with Gasteiger partial charge in [0.2, 0.25) is 0 Å². The van der Waals surface area contributed by atoms with Gasteiger partial charge in [-0.1, -0.05) is 103 Å². The lowest BCUT2D eigenvalue weighted by Crippen LogP contribution is -2.24. The Morgan fingerprint density at radius 2 is 1.48 bits per heavy atom. The Morgan fingerprint density at radius 3 is 2.18 bits per heavy atom. The number of aromatic nitrogens is 1. The van der Waals surface area contributed by atoms with Crippen molar-refractivity contribution in [1.29, 1.82) is 5.26 Å². The fraction of sp³-hybridized carbons (Fsp3) is 0.388. The summed E-state index contributed by atoms with van der Waals surface area (Å²) in [5, 5.41) is 21.3. The SMILES string of the molecule is CCCCC(CC)CCOc1ccc(/C2=C(/C)CN/C(c3ccc(OCC(CC)CCCC)cc3)=C/C(=C(\C#N)c3nc4ccc5ccccc5c4s3)N2)cc1. The van der Waals surface area contributed by atoms with Crippen molar-refractivity contribution in [2.45, 2.75) is 92.4 Å². The molecular formula is C49H58N4O2S. The fourth-order valence-electron chi connectivity index (χ4n) is 7.36. The Labute approximate surface area is 338 Å². The average Bonchev–Trinajstić information content (AvgIpc) is 3.67. The fourth-order valence-corrected chi connectivity index (χ4v) is 8.47. The number of fused-ring (bicyclic) bond motifs is 3. The largest absolute Gasteiger partial charge is 0.494 e. The molecule has 292 valence electrons. The average molecular weight is 767 g/mol. The zero-order valence-corrected chi connectivity index (χ0v) is 34.7. The number of benzene rings is 4. The first-order valence-corrected chi connectivity index (χ1v) is 21.6. The summed E-state index contributed by atoms with van der Waals surface area (Å²) in [7, 11) is 0. The second-order valence-electron chi connectivity index (χ2n) is 15.1. The highest BCUT2D eigenvalue weighted by atomic mass is 32.1. The second-order valence-corrected chi connectivity index (χ2v) is 16.1. The summed E-state index contributed by atoms with van der Waals surface area (Å²) in [6.07, 6.45) is 12.9. The van der Waals surface area contributed by atoms with E-state index in [1.807, 2.05) is 0 Å². The summed E-state index contributed by atoms with van der Waals surface area (Å²) >= 11 is 1.56. The number of nitriles is 1. The number of rotatable bonds is 18. The van der Waals surface area contributed by atoms with Crippen LogP contribution < -0.4 is 20.1 Å². The van der Waals surface area contributed by atoms with Gasteiger partial charge in [-0.15, -0.1) is 11.3 Å². The van der Waals surface area contributed by atoms with Gasteiger partial charge in [0.05, 0.1) is 29.1 Å². The van der Waals surface area contributed by atoms with Gasteiger partial charge in [0, 0.05) is 23.3 Å². The Morgan fingerprint density at radius 1 is 0.804 bits per heavy atom. The monoisotopic (exact) mass is 766 g/mol. The normalized spacial score (nSPS) is 17.5. The minimum Gasteiger partial charge on any atom is -0.494 e. The van der Waals surface area contributed by atoms with Gasteiger partial charge >= 0.3 is 0 Å². The summed E-state index contributed by atoms with van der Waals surface area (Å²) in [5.74, 6) is 3.02. The highest BCUT2D eigenvalue weighted by Gasteiger charge is 2.20. The highest BCUT2D eigenvalue weighted by Crippen LogP contribution is 2.35. The number of nitrogens with one attached hydrogen (secondary N) is 2. The van der Waals surface area contributed by atoms with E-state index in [0.717, 1.165) is 86.6 Å². The molecule has 56 heavy (non-hydrogen) atoms. The molecule has 1 aromatic heterocycles. The molecule has 6 rings (SSSR count). The van der Waals surface area contributed by atoms with Gasteiger partial charge in [-0.3, -0.25) is 0 Å². The Hall–Kier alpha value is -5.06. The Balaban J connectivity index is 1.32. The van der Waals surface area contributed by atoms with E-state index in [4.69, 9.17) is 14.5 Å². The van der Waals surface area contributed by atoms with Gasteiger partial charge in [0.15, 0.2) is 0 Å². The maximum atomic E-state index is 10.9. The quantitative estimate of drug-likeness (QED) is 0.0865. The van der Waals surface area contributed by atoms with E-state index in [0.29, 0.717) is 34.7 Å². The number of hydrogen-bond acceptors (Lipinski definition) is 7. The van der Waals surface area contributed by atoms with Crippen LogP contribution in [0.2, 0.25) is 0 Å². The number of ether oxygens (including phenoxy) is 2. The zero-order valence-electron chi connectivity index (χ0n) is 33.9. The first-order chi connectivity index (χ1) is 27.4. The predicted molar refractivity (Wildman–Crippen MR) is 236 cm³/mol. The molecule has 0 aliphatic carbocycles. The third-order valence-electron chi connectivity index (χ3n) is 11.1. The maximum Gasteiger partial charge on any atom is 0.137 e. The molecule has 0 saturated heterocycles. The molecule has 6 nitrogen and oxygen atoms in total. The molecule has 2 heterocycles. The highest BCUT2D eigenvalue weighted by molar-refractivity contribution is 7.20. The number of thiazole rings is 1. The molecule has 7 heteroatoms. The molecule has 0 spiro atoms. The van der Waals surface area contributed by atoms with E-state index in [9.17, 15) is 5.26 Å². The van der Waals surface area contributed by atoms with E-state index in [-0.39, 0.29) is 0 Å². The van der Waals surface area contributed by atoms with Crippen LogP contribution in [-0.4, -0.2) is 24.7 Å². The number of nitrogens with zero attached hydrogens (tertiary/aromatic N) is 2. The van der Waals surface area contributed by atoms with Crippen LogP contribution >= 0.6 is 11.3 Å². The lowest BCUT2D eigenvalue weighted by Gasteiger charge is -2.23. The van der Waals surface area contributed by atoms with Crippen LogP contribution in [-0.2, 0) is 0 Å². The Kier molecular flexibility index (Phi) is 14.6. The molecular weight excluding hydrogens is 709 g/mol. The van der Waals surface area contributed by atoms with Crippen molar-refractivity contribution in [2.24, 2.45) is 11.8 Å². The molecule has 0 fully saturated rings. The van der Waals surface area contributed by atoms with Crippen molar-refractivity contribution >= 4 is 49.3 Å². The maximum absolute atomic E-state index is 10.9. The summed E-state index contributed by atoms with van der Waals surface area (Å²) in [4.78, 5) is 5.02. The zero-order chi connectivity index (χ0) is 39.3. The van der Waals surface area contributed by atoms with Crippen LogP contribution in [0.3, 0.4) is 0 Å². The van der Waals surface area contributed by atoms with Crippen molar-refractivity contribution in [3.63, 3.8) is 0 Å². The van der Waals surface area contributed by atoms with Crippen molar-refractivity contribution in [1.82, 2.24) is 15.6 Å². The molecule has 0 amide bonds. The molecule has 5 aromatic rings. The molecule has 2 atom stereocenters. The van der Waals surface area contributed by atoms with Crippen LogP contribution in [0.5, 0.6) is 11.5 Å². The van der Waals surface area contributed by atoms with Crippen LogP contribution in [0.15, 0.2) is 102 Å². The van der Waals surface area contributed by atoms with Gasteiger partial charge in [0.25, 0.3) is 0 Å². The lowest BCUT2D eigenvalue weighted by molar-refractivity contribution is 0.233. The molecule has 4 aromatic carbocycles.